The van der Waals surface area contributed by atoms with Crippen LogP contribution in [0.1, 0.15) is 20.8 Å². The van der Waals surface area contributed by atoms with Crippen LogP contribution < -0.4 is 10.6 Å². The molecular formula is C14H19FN2OS. The normalized spacial score (nSPS) is 12.3. The number of hydrogen-bond acceptors (Lipinski definition) is 2. The van der Waals surface area contributed by atoms with Gasteiger partial charge in [-0.2, -0.15) is 0 Å². The van der Waals surface area contributed by atoms with Crippen molar-refractivity contribution in [3.8, 4) is 0 Å². The summed E-state index contributed by atoms with van der Waals surface area (Å²) in [6.45, 7) is 6.05. The minimum absolute atomic E-state index is 0.00705. The Kier molecular flexibility index (Phi) is 5.42. The number of nitrogens with zero attached hydrogens (tertiary/aromatic N) is 1. The first-order valence-corrected chi connectivity index (χ1v) is 6.65. The number of thiocarbonyl (C=S) groups is 1. The molecule has 5 heteroatoms. The monoisotopic (exact) mass is 282 g/mol. The zero-order valence-electron chi connectivity index (χ0n) is 11.4. The molecule has 3 nitrogen and oxygen atoms in total. The lowest BCUT2D eigenvalue weighted by atomic mass is 9.94. The standard InChI is InChI=1S/C14H19FN2OS/c1-4-17(11-7-5-6-10(15)8-11)14(18)12(9(2)3)13(16)19/h5-9,12H,4H2,1-3H3,(H2,16,19). The predicted molar refractivity (Wildman–Crippen MR) is 79.5 cm³/mol. The second-order valence-corrected chi connectivity index (χ2v) is 5.16. The number of nitrogens with two attached hydrogens (primary N) is 1. The zero-order chi connectivity index (χ0) is 14.6. The highest BCUT2D eigenvalue weighted by atomic mass is 32.1. The maximum atomic E-state index is 13.3. The summed E-state index contributed by atoms with van der Waals surface area (Å²) >= 11 is 4.97. The highest BCUT2D eigenvalue weighted by Gasteiger charge is 2.29. The van der Waals surface area contributed by atoms with Gasteiger partial charge in [-0.15, -0.1) is 0 Å². The average Bonchev–Trinajstić information content (AvgIpc) is 2.28. The van der Waals surface area contributed by atoms with E-state index < -0.39 is 5.92 Å². The maximum Gasteiger partial charge on any atom is 0.237 e. The summed E-state index contributed by atoms with van der Waals surface area (Å²) in [6.07, 6.45) is 0. The molecule has 0 aliphatic heterocycles. The van der Waals surface area contributed by atoms with Gasteiger partial charge in [0.2, 0.25) is 5.91 Å². The van der Waals surface area contributed by atoms with E-state index in [9.17, 15) is 9.18 Å². The fourth-order valence-corrected chi connectivity index (χ4v) is 2.39. The van der Waals surface area contributed by atoms with Gasteiger partial charge in [0.05, 0.1) is 10.9 Å². The molecule has 0 aromatic heterocycles. The number of amides is 1. The van der Waals surface area contributed by atoms with Crippen LogP contribution in [0, 0.1) is 17.7 Å². The summed E-state index contributed by atoms with van der Waals surface area (Å²) in [6, 6.07) is 5.95. The molecule has 1 unspecified atom stereocenters. The molecular weight excluding hydrogens is 263 g/mol. The number of carbonyl (C=O) groups excluding carboxylic acids is 1. The van der Waals surface area contributed by atoms with Crippen LogP contribution in [-0.4, -0.2) is 17.4 Å². The highest BCUT2D eigenvalue weighted by molar-refractivity contribution is 7.80. The van der Waals surface area contributed by atoms with E-state index in [1.54, 1.807) is 12.1 Å². The summed E-state index contributed by atoms with van der Waals surface area (Å²) in [4.78, 5) is 14.2. The lowest BCUT2D eigenvalue weighted by molar-refractivity contribution is -0.121. The number of carbonyl (C=O) groups is 1. The molecule has 0 heterocycles. The van der Waals surface area contributed by atoms with E-state index in [0.29, 0.717) is 12.2 Å². The molecule has 1 atom stereocenters. The van der Waals surface area contributed by atoms with Crippen molar-refractivity contribution in [2.24, 2.45) is 17.6 Å². The Morgan fingerprint density at radius 3 is 2.53 bits per heavy atom. The molecule has 2 N–H and O–H groups in total. The van der Waals surface area contributed by atoms with Crippen molar-refractivity contribution in [2.75, 3.05) is 11.4 Å². The summed E-state index contributed by atoms with van der Waals surface area (Å²) in [5, 5.41) is 0. The fourth-order valence-electron chi connectivity index (χ4n) is 2.01. The summed E-state index contributed by atoms with van der Waals surface area (Å²) in [5.41, 5.74) is 6.17. The van der Waals surface area contributed by atoms with Crippen molar-refractivity contribution in [3.05, 3.63) is 30.1 Å². The molecule has 0 saturated heterocycles. The summed E-state index contributed by atoms with van der Waals surface area (Å²) < 4.78 is 13.3. The van der Waals surface area contributed by atoms with E-state index in [2.05, 4.69) is 0 Å². The molecule has 1 aromatic carbocycles. The Labute approximate surface area is 118 Å². The predicted octanol–water partition coefficient (Wildman–Crippen LogP) is 2.74. The first-order valence-electron chi connectivity index (χ1n) is 6.24. The van der Waals surface area contributed by atoms with Crippen LogP contribution in [0.4, 0.5) is 10.1 Å². The van der Waals surface area contributed by atoms with Gasteiger partial charge < -0.3 is 10.6 Å². The molecule has 1 aromatic rings. The van der Waals surface area contributed by atoms with Crippen molar-refractivity contribution >= 4 is 28.8 Å². The van der Waals surface area contributed by atoms with Gasteiger partial charge in [-0.1, -0.05) is 32.1 Å². The smallest absolute Gasteiger partial charge is 0.237 e. The van der Waals surface area contributed by atoms with E-state index in [0.717, 1.165) is 0 Å². The van der Waals surface area contributed by atoms with E-state index in [-0.39, 0.29) is 22.6 Å². The van der Waals surface area contributed by atoms with Gasteiger partial charge in [-0.05, 0) is 31.0 Å². The third kappa shape index (κ3) is 3.73. The Morgan fingerprint density at radius 1 is 1.47 bits per heavy atom. The van der Waals surface area contributed by atoms with Crippen LogP contribution in [0.3, 0.4) is 0 Å². The van der Waals surface area contributed by atoms with Crippen molar-refractivity contribution in [3.63, 3.8) is 0 Å². The number of benzene rings is 1. The van der Waals surface area contributed by atoms with Crippen LogP contribution in [0.15, 0.2) is 24.3 Å². The molecule has 0 aliphatic rings. The Morgan fingerprint density at radius 2 is 2.11 bits per heavy atom. The molecule has 0 spiro atoms. The largest absolute Gasteiger partial charge is 0.393 e. The third-order valence-electron chi connectivity index (χ3n) is 2.94. The molecule has 0 saturated carbocycles. The van der Waals surface area contributed by atoms with E-state index in [1.165, 1.54) is 17.0 Å². The third-order valence-corrected chi connectivity index (χ3v) is 3.20. The summed E-state index contributed by atoms with van der Waals surface area (Å²) in [7, 11) is 0. The van der Waals surface area contributed by atoms with Crippen molar-refractivity contribution < 1.29 is 9.18 Å². The quantitative estimate of drug-likeness (QED) is 0.845. The minimum Gasteiger partial charge on any atom is -0.393 e. The van der Waals surface area contributed by atoms with Gasteiger partial charge in [-0.25, -0.2) is 4.39 Å². The van der Waals surface area contributed by atoms with Crippen molar-refractivity contribution in [2.45, 2.75) is 20.8 Å². The van der Waals surface area contributed by atoms with Crippen molar-refractivity contribution in [1.29, 1.82) is 0 Å². The minimum atomic E-state index is -0.529. The van der Waals surface area contributed by atoms with Gasteiger partial charge in [-0.3, -0.25) is 4.79 Å². The lowest BCUT2D eigenvalue weighted by Crippen LogP contribution is -2.43. The number of anilines is 1. The van der Waals surface area contributed by atoms with E-state index in [1.807, 2.05) is 20.8 Å². The van der Waals surface area contributed by atoms with Gasteiger partial charge in [0.1, 0.15) is 5.82 Å². The zero-order valence-corrected chi connectivity index (χ0v) is 12.2. The molecule has 0 aliphatic carbocycles. The number of rotatable bonds is 5. The van der Waals surface area contributed by atoms with Gasteiger partial charge in [0.15, 0.2) is 0 Å². The molecule has 0 bridgehead atoms. The Bertz CT molecular complexity index is 476. The highest BCUT2D eigenvalue weighted by Crippen LogP contribution is 2.21. The SMILES string of the molecule is CCN(C(=O)C(C(N)=S)C(C)C)c1cccc(F)c1. The fraction of sp³-hybridized carbons (Fsp3) is 0.429. The topological polar surface area (TPSA) is 46.3 Å². The molecule has 0 radical (unpaired) electrons. The second kappa shape index (κ2) is 6.61. The number of halogens is 1. The first kappa shape index (κ1) is 15.6. The molecule has 1 amide bonds. The van der Waals surface area contributed by atoms with Crippen LogP contribution in [-0.2, 0) is 4.79 Å². The molecule has 0 fully saturated rings. The van der Waals surface area contributed by atoms with Crippen LogP contribution in [0.5, 0.6) is 0 Å². The number of hydrogen-bond donors (Lipinski definition) is 1. The van der Waals surface area contributed by atoms with Gasteiger partial charge in [0, 0.05) is 12.2 Å². The molecule has 104 valence electrons. The van der Waals surface area contributed by atoms with E-state index >= 15 is 0 Å². The summed E-state index contributed by atoms with van der Waals surface area (Å²) in [5.74, 6) is -1.08. The Hall–Kier alpha value is -1.49. The molecule has 19 heavy (non-hydrogen) atoms. The van der Waals surface area contributed by atoms with Crippen molar-refractivity contribution in [1.82, 2.24) is 0 Å². The van der Waals surface area contributed by atoms with Crippen LogP contribution in [0.2, 0.25) is 0 Å². The van der Waals surface area contributed by atoms with Gasteiger partial charge in [0.25, 0.3) is 0 Å². The van der Waals surface area contributed by atoms with Crippen LogP contribution in [0.25, 0.3) is 0 Å². The van der Waals surface area contributed by atoms with E-state index in [4.69, 9.17) is 18.0 Å². The Balaban J connectivity index is 3.09. The second-order valence-electron chi connectivity index (χ2n) is 4.69. The lowest BCUT2D eigenvalue weighted by Gasteiger charge is -2.27. The van der Waals surface area contributed by atoms with Crippen LogP contribution >= 0.6 is 12.2 Å². The maximum absolute atomic E-state index is 13.3. The van der Waals surface area contributed by atoms with Gasteiger partial charge >= 0.3 is 0 Å². The first-order chi connectivity index (χ1) is 8.88. The molecule has 1 rings (SSSR count). The average molecular weight is 282 g/mol.